The summed E-state index contributed by atoms with van der Waals surface area (Å²) in [5, 5.41) is 19.9. The quantitative estimate of drug-likeness (QED) is 0.402. The number of ether oxygens (including phenoxy) is 1. The van der Waals surface area contributed by atoms with Crippen LogP contribution >= 0.6 is 0 Å². The molecule has 0 radical (unpaired) electrons. The third-order valence-electron chi connectivity index (χ3n) is 3.18. The van der Waals surface area contributed by atoms with Crippen LogP contribution in [-0.2, 0) is 6.61 Å². The van der Waals surface area contributed by atoms with Crippen LogP contribution in [0, 0.1) is 10.1 Å². The molecule has 0 spiro atoms. The van der Waals surface area contributed by atoms with E-state index >= 15 is 0 Å². The fourth-order valence-corrected chi connectivity index (χ4v) is 2.01. The lowest BCUT2D eigenvalue weighted by Crippen LogP contribution is -2.01. The average molecular weight is 281 g/mol. The molecule has 0 amide bonds. The van der Waals surface area contributed by atoms with Crippen molar-refractivity contribution in [2.75, 3.05) is 6.61 Å². The summed E-state index contributed by atoms with van der Waals surface area (Å²) in [5.41, 5.74) is 0.436. The second-order valence-electron chi connectivity index (χ2n) is 4.82. The van der Waals surface area contributed by atoms with E-state index in [1.807, 2.05) is 0 Å². The van der Waals surface area contributed by atoms with Crippen molar-refractivity contribution in [2.24, 2.45) is 0 Å². The van der Waals surface area contributed by atoms with Gasteiger partial charge in [-0.25, -0.2) is 0 Å². The van der Waals surface area contributed by atoms with Gasteiger partial charge in [0.15, 0.2) is 0 Å². The molecule has 0 bridgehead atoms. The van der Waals surface area contributed by atoms with Crippen LogP contribution in [0.4, 0.5) is 5.69 Å². The number of hydrogen-bond acceptors (Lipinski definition) is 4. The van der Waals surface area contributed by atoms with Crippen LogP contribution in [-0.4, -0.2) is 16.6 Å². The molecule has 20 heavy (non-hydrogen) atoms. The SMILES string of the molecule is CCCCCCCCOc1ccc([N+](=O)[O-])cc1CO. The van der Waals surface area contributed by atoms with Gasteiger partial charge in [0, 0.05) is 17.7 Å². The summed E-state index contributed by atoms with van der Waals surface area (Å²) in [6, 6.07) is 4.31. The Balaban J connectivity index is 2.38. The molecule has 5 heteroatoms. The van der Waals surface area contributed by atoms with E-state index in [9.17, 15) is 15.2 Å². The second kappa shape index (κ2) is 9.31. The minimum Gasteiger partial charge on any atom is -0.493 e. The van der Waals surface area contributed by atoms with Crippen molar-refractivity contribution in [2.45, 2.75) is 52.1 Å². The highest BCUT2D eigenvalue weighted by atomic mass is 16.6. The summed E-state index contributed by atoms with van der Waals surface area (Å²) in [7, 11) is 0. The van der Waals surface area contributed by atoms with E-state index in [2.05, 4.69) is 6.92 Å². The number of unbranched alkanes of at least 4 members (excludes halogenated alkanes) is 5. The van der Waals surface area contributed by atoms with Gasteiger partial charge in [-0.2, -0.15) is 0 Å². The van der Waals surface area contributed by atoms with Gasteiger partial charge in [0.05, 0.1) is 18.1 Å². The molecule has 1 aromatic carbocycles. The second-order valence-corrected chi connectivity index (χ2v) is 4.82. The van der Waals surface area contributed by atoms with Crippen LogP contribution in [0.25, 0.3) is 0 Å². The largest absolute Gasteiger partial charge is 0.493 e. The van der Waals surface area contributed by atoms with E-state index in [4.69, 9.17) is 4.74 Å². The van der Waals surface area contributed by atoms with E-state index in [1.165, 1.54) is 37.8 Å². The van der Waals surface area contributed by atoms with Gasteiger partial charge in [-0.05, 0) is 12.5 Å². The fraction of sp³-hybridized carbons (Fsp3) is 0.600. The lowest BCUT2D eigenvalue weighted by molar-refractivity contribution is -0.385. The fourth-order valence-electron chi connectivity index (χ4n) is 2.01. The molecule has 112 valence electrons. The summed E-state index contributed by atoms with van der Waals surface area (Å²) >= 11 is 0. The molecule has 0 aliphatic carbocycles. The first-order valence-electron chi connectivity index (χ1n) is 7.20. The Morgan fingerprint density at radius 2 is 1.90 bits per heavy atom. The van der Waals surface area contributed by atoms with Crippen molar-refractivity contribution >= 4 is 5.69 Å². The van der Waals surface area contributed by atoms with Crippen molar-refractivity contribution in [1.29, 1.82) is 0 Å². The summed E-state index contributed by atoms with van der Waals surface area (Å²) in [6.07, 6.45) is 7.07. The Morgan fingerprint density at radius 1 is 1.20 bits per heavy atom. The highest BCUT2D eigenvalue weighted by Crippen LogP contribution is 2.24. The maximum Gasteiger partial charge on any atom is 0.270 e. The molecule has 0 aliphatic rings. The van der Waals surface area contributed by atoms with Gasteiger partial charge in [-0.15, -0.1) is 0 Å². The van der Waals surface area contributed by atoms with Crippen LogP contribution in [0.2, 0.25) is 0 Å². The molecule has 0 aliphatic heterocycles. The zero-order valence-electron chi connectivity index (χ0n) is 12.0. The van der Waals surface area contributed by atoms with Gasteiger partial charge < -0.3 is 9.84 Å². The maximum atomic E-state index is 10.6. The van der Waals surface area contributed by atoms with Gasteiger partial charge in [0.2, 0.25) is 0 Å². The molecule has 5 nitrogen and oxygen atoms in total. The average Bonchev–Trinajstić information content (AvgIpc) is 2.46. The number of nitro benzene ring substituents is 1. The summed E-state index contributed by atoms with van der Waals surface area (Å²) < 4.78 is 5.59. The zero-order valence-corrected chi connectivity index (χ0v) is 12.0. The predicted molar refractivity (Wildman–Crippen MR) is 77.9 cm³/mol. The molecular formula is C15H23NO4. The number of rotatable bonds is 10. The van der Waals surface area contributed by atoms with Gasteiger partial charge in [-0.1, -0.05) is 39.0 Å². The Kier molecular flexibility index (Phi) is 7.65. The number of benzene rings is 1. The highest BCUT2D eigenvalue weighted by Gasteiger charge is 2.10. The van der Waals surface area contributed by atoms with E-state index in [-0.39, 0.29) is 12.3 Å². The Morgan fingerprint density at radius 3 is 2.55 bits per heavy atom. The minimum absolute atomic E-state index is 0.0269. The monoisotopic (exact) mass is 281 g/mol. The number of non-ortho nitro benzene ring substituents is 1. The van der Waals surface area contributed by atoms with Crippen molar-refractivity contribution in [1.82, 2.24) is 0 Å². The Hall–Kier alpha value is -1.62. The Bertz CT molecular complexity index is 420. The molecule has 0 heterocycles. The molecule has 0 unspecified atom stereocenters. The first-order valence-corrected chi connectivity index (χ1v) is 7.20. The van der Waals surface area contributed by atoms with Crippen LogP contribution in [0.1, 0.15) is 51.0 Å². The molecule has 1 rings (SSSR count). The van der Waals surface area contributed by atoms with Crippen molar-refractivity contribution < 1.29 is 14.8 Å². The molecule has 0 atom stereocenters. The van der Waals surface area contributed by atoms with E-state index < -0.39 is 4.92 Å². The highest BCUT2D eigenvalue weighted by molar-refractivity contribution is 5.43. The van der Waals surface area contributed by atoms with Crippen molar-refractivity contribution in [3.05, 3.63) is 33.9 Å². The normalized spacial score (nSPS) is 10.5. The number of aliphatic hydroxyl groups excluding tert-OH is 1. The number of aliphatic hydroxyl groups is 1. The van der Waals surface area contributed by atoms with Gasteiger partial charge >= 0.3 is 0 Å². The molecule has 0 fully saturated rings. The molecule has 1 N–H and O–H groups in total. The Labute approximate surface area is 119 Å². The first kappa shape index (κ1) is 16.4. The third-order valence-corrected chi connectivity index (χ3v) is 3.18. The minimum atomic E-state index is -0.476. The van der Waals surface area contributed by atoms with Crippen molar-refractivity contribution in [3.8, 4) is 5.75 Å². The molecular weight excluding hydrogens is 258 g/mol. The first-order chi connectivity index (χ1) is 9.69. The number of hydrogen-bond donors (Lipinski definition) is 1. The van der Waals surface area contributed by atoms with Gasteiger partial charge in [0.25, 0.3) is 5.69 Å². The molecule has 1 aromatic rings. The lowest BCUT2D eigenvalue weighted by atomic mass is 10.1. The van der Waals surface area contributed by atoms with Gasteiger partial charge in [0.1, 0.15) is 5.75 Å². The van der Waals surface area contributed by atoms with E-state index in [1.54, 1.807) is 6.07 Å². The van der Waals surface area contributed by atoms with Crippen molar-refractivity contribution in [3.63, 3.8) is 0 Å². The number of nitro groups is 1. The summed E-state index contributed by atoms with van der Waals surface area (Å²) in [5.74, 6) is 0.534. The van der Waals surface area contributed by atoms with E-state index in [0.717, 1.165) is 12.8 Å². The van der Waals surface area contributed by atoms with Crippen LogP contribution in [0.3, 0.4) is 0 Å². The molecule has 0 aromatic heterocycles. The standard InChI is InChI=1S/C15H23NO4/c1-2-3-4-5-6-7-10-20-15-9-8-14(16(18)19)11-13(15)12-17/h8-9,11,17H,2-7,10,12H2,1H3. The lowest BCUT2D eigenvalue weighted by Gasteiger charge is -2.09. The molecule has 0 saturated heterocycles. The molecule has 0 saturated carbocycles. The summed E-state index contributed by atoms with van der Waals surface area (Å²) in [6.45, 7) is 2.51. The van der Waals surface area contributed by atoms with Crippen LogP contribution in [0.5, 0.6) is 5.75 Å². The van der Waals surface area contributed by atoms with Crippen LogP contribution in [0.15, 0.2) is 18.2 Å². The number of nitrogens with zero attached hydrogens (tertiary/aromatic N) is 1. The topological polar surface area (TPSA) is 72.6 Å². The summed E-state index contributed by atoms with van der Waals surface area (Å²) in [4.78, 5) is 10.2. The van der Waals surface area contributed by atoms with E-state index in [0.29, 0.717) is 17.9 Å². The zero-order chi connectivity index (χ0) is 14.8. The third kappa shape index (κ3) is 5.57. The van der Waals surface area contributed by atoms with Gasteiger partial charge in [-0.3, -0.25) is 10.1 Å². The predicted octanol–water partition coefficient (Wildman–Crippen LogP) is 3.83. The maximum absolute atomic E-state index is 10.6. The van der Waals surface area contributed by atoms with Crippen LogP contribution < -0.4 is 4.74 Å². The smallest absolute Gasteiger partial charge is 0.270 e.